The molecule has 70 valence electrons. The molecule has 12 heavy (non-hydrogen) atoms. The van der Waals surface area contributed by atoms with Crippen molar-refractivity contribution in [2.45, 2.75) is 0 Å². The SMILES string of the molecule is ClC[N+]12CC[N+](CCl)(CC1)CC2. The molecular weight excluding hydrogens is 195 g/mol. The topological polar surface area (TPSA) is 0 Å². The molecule has 0 atom stereocenters. The first-order valence-electron chi connectivity index (χ1n) is 4.56. The third kappa shape index (κ3) is 1.25. The minimum Gasteiger partial charge on any atom is -0.297 e. The molecule has 0 aliphatic carbocycles. The lowest BCUT2D eigenvalue weighted by atomic mass is 10.1. The first-order chi connectivity index (χ1) is 5.74. The molecule has 2 bridgehead atoms. The number of piperazine rings is 3. The van der Waals surface area contributed by atoms with Crippen LogP contribution in [-0.4, -0.2) is 60.2 Å². The molecule has 0 saturated carbocycles. The first kappa shape index (κ1) is 9.07. The molecule has 4 heteroatoms. The second-order valence-corrected chi connectivity index (χ2v) is 4.74. The normalized spacial score (nSPS) is 46.5. The van der Waals surface area contributed by atoms with Gasteiger partial charge in [-0.1, -0.05) is 23.2 Å². The van der Waals surface area contributed by atoms with E-state index in [2.05, 4.69) is 0 Å². The van der Waals surface area contributed by atoms with Crippen LogP contribution in [0.3, 0.4) is 0 Å². The Bertz CT molecular complexity index is 139. The van der Waals surface area contributed by atoms with E-state index in [0.717, 1.165) is 21.0 Å². The van der Waals surface area contributed by atoms with Gasteiger partial charge in [-0.15, -0.1) is 0 Å². The summed E-state index contributed by atoms with van der Waals surface area (Å²) in [5.74, 6) is 0. The third-order valence-corrected chi connectivity index (χ3v) is 4.67. The third-order valence-electron chi connectivity index (χ3n) is 3.65. The molecule has 0 spiro atoms. The summed E-state index contributed by atoms with van der Waals surface area (Å²) in [5.41, 5.74) is 0. The van der Waals surface area contributed by atoms with Crippen molar-refractivity contribution < 1.29 is 8.97 Å². The van der Waals surface area contributed by atoms with Crippen molar-refractivity contribution in [1.82, 2.24) is 0 Å². The highest BCUT2D eigenvalue weighted by molar-refractivity contribution is 6.17. The maximum Gasteiger partial charge on any atom is 0.155 e. The van der Waals surface area contributed by atoms with Gasteiger partial charge >= 0.3 is 0 Å². The molecule has 0 amide bonds. The fraction of sp³-hybridized carbons (Fsp3) is 1.00. The Morgan fingerprint density at radius 1 is 0.667 bits per heavy atom. The maximum absolute atomic E-state index is 5.98. The molecule has 3 fully saturated rings. The number of halogens is 2. The van der Waals surface area contributed by atoms with E-state index in [0.29, 0.717) is 0 Å². The summed E-state index contributed by atoms with van der Waals surface area (Å²) in [6.07, 6.45) is 0. The van der Waals surface area contributed by atoms with Crippen LogP contribution in [0.1, 0.15) is 0 Å². The van der Waals surface area contributed by atoms with Gasteiger partial charge in [0, 0.05) is 0 Å². The van der Waals surface area contributed by atoms with Gasteiger partial charge in [0.2, 0.25) is 0 Å². The van der Waals surface area contributed by atoms with E-state index in [-0.39, 0.29) is 0 Å². The monoisotopic (exact) mass is 210 g/mol. The standard InChI is InChI=1S/C8H16Cl2N2/c9-7-11-1-2-12(8-10,5-3-11)6-4-11/h1-8H2/q+2. The summed E-state index contributed by atoms with van der Waals surface area (Å²) in [5, 5.41) is 0. The molecule has 0 aromatic carbocycles. The van der Waals surface area contributed by atoms with Crippen LogP contribution in [0, 0.1) is 0 Å². The molecule has 0 unspecified atom stereocenters. The van der Waals surface area contributed by atoms with Crippen molar-refractivity contribution >= 4 is 23.2 Å². The highest BCUT2D eigenvalue weighted by Crippen LogP contribution is 2.27. The van der Waals surface area contributed by atoms with Gasteiger partial charge in [-0.3, -0.25) is 8.97 Å². The lowest BCUT2D eigenvalue weighted by Gasteiger charge is -2.53. The van der Waals surface area contributed by atoms with Gasteiger partial charge in [0.05, 0.1) is 0 Å². The first-order valence-corrected chi connectivity index (χ1v) is 5.63. The number of quaternary nitrogens is 2. The fourth-order valence-corrected chi connectivity index (χ4v) is 3.02. The van der Waals surface area contributed by atoms with Crippen LogP contribution in [0.25, 0.3) is 0 Å². The number of hydrogen-bond acceptors (Lipinski definition) is 0. The van der Waals surface area contributed by atoms with Crippen molar-refractivity contribution in [3.8, 4) is 0 Å². The van der Waals surface area contributed by atoms with Gasteiger partial charge in [-0.2, -0.15) is 0 Å². The predicted molar refractivity (Wildman–Crippen MR) is 51.2 cm³/mol. The van der Waals surface area contributed by atoms with Crippen LogP contribution in [0.2, 0.25) is 0 Å². The molecule has 3 rings (SSSR count). The van der Waals surface area contributed by atoms with E-state index in [1.165, 1.54) is 39.3 Å². The van der Waals surface area contributed by atoms with Crippen LogP contribution < -0.4 is 0 Å². The Balaban J connectivity index is 2.09. The Morgan fingerprint density at radius 2 is 0.917 bits per heavy atom. The number of rotatable bonds is 2. The summed E-state index contributed by atoms with van der Waals surface area (Å²) < 4.78 is 2.27. The Morgan fingerprint density at radius 3 is 1.08 bits per heavy atom. The number of nitrogens with zero attached hydrogens (tertiary/aromatic N) is 2. The largest absolute Gasteiger partial charge is 0.297 e. The van der Waals surface area contributed by atoms with Crippen LogP contribution >= 0.6 is 23.2 Å². The number of alkyl halides is 2. The zero-order valence-electron chi connectivity index (χ0n) is 7.31. The van der Waals surface area contributed by atoms with Crippen molar-refractivity contribution in [3.63, 3.8) is 0 Å². The van der Waals surface area contributed by atoms with Crippen molar-refractivity contribution in [2.75, 3.05) is 51.3 Å². The fourth-order valence-electron chi connectivity index (χ4n) is 2.30. The molecule has 0 aromatic rings. The summed E-state index contributed by atoms with van der Waals surface area (Å²) >= 11 is 12.0. The van der Waals surface area contributed by atoms with E-state index in [4.69, 9.17) is 23.2 Å². The van der Waals surface area contributed by atoms with Crippen molar-refractivity contribution in [2.24, 2.45) is 0 Å². The summed E-state index contributed by atoms with van der Waals surface area (Å²) in [4.78, 5) is 0. The van der Waals surface area contributed by atoms with Crippen LogP contribution in [0.4, 0.5) is 0 Å². The van der Waals surface area contributed by atoms with Crippen molar-refractivity contribution in [3.05, 3.63) is 0 Å². The molecule has 3 saturated heterocycles. The Hall–Kier alpha value is 0.500. The highest BCUT2D eigenvalue weighted by atomic mass is 35.5. The van der Waals surface area contributed by atoms with Crippen LogP contribution in [0.5, 0.6) is 0 Å². The molecule has 2 nitrogen and oxygen atoms in total. The van der Waals surface area contributed by atoms with Gasteiger partial charge in [0.15, 0.2) is 12.0 Å². The molecule has 0 radical (unpaired) electrons. The lowest BCUT2D eigenvalue weighted by molar-refractivity contribution is -1.07. The average molecular weight is 211 g/mol. The second-order valence-electron chi connectivity index (χ2n) is 4.26. The molecule has 3 aliphatic heterocycles. The lowest BCUT2D eigenvalue weighted by Crippen LogP contribution is -2.74. The minimum absolute atomic E-state index is 0.794. The molecular formula is C8H16Cl2N2+2. The summed E-state index contributed by atoms with van der Waals surface area (Å²) in [6, 6.07) is 1.59. The van der Waals surface area contributed by atoms with E-state index in [1.807, 2.05) is 0 Å². The quantitative estimate of drug-likeness (QED) is 0.363. The zero-order valence-corrected chi connectivity index (χ0v) is 8.82. The molecule has 0 aromatic heterocycles. The van der Waals surface area contributed by atoms with Crippen LogP contribution in [-0.2, 0) is 0 Å². The average Bonchev–Trinajstić information content (AvgIpc) is 2.21. The second kappa shape index (κ2) is 3.02. The van der Waals surface area contributed by atoms with Gasteiger partial charge in [0.1, 0.15) is 39.3 Å². The maximum atomic E-state index is 5.98. The van der Waals surface area contributed by atoms with Crippen LogP contribution in [0.15, 0.2) is 0 Å². The van der Waals surface area contributed by atoms with E-state index >= 15 is 0 Å². The van der Waals surface area contributed by atoms with E-state index < -0.39 is 0 Å². The minimum atomic E-state index is 0.794. The zero-order chi connectivity index (χ0) is 8.66. The summed E-state index contributed by atoms with van der Waals surface area (Å²) in [6.45, 7) is 7.39. The predicted octanol–water partition coefficient (Wildman–Crippen LogP) is 1.04. The molecule has 3 heterocycles. The van der Waals surface area contributed by atoms with Gasteiger partial charge in [0.25, 0.3) is 0 Å². The molecule has 3 aliphatic rings. The van der Waals surface area contributed by atoms with E-state index in [1.54, 1.807) is 0 Å². The summed E-state index contributed by atoms with van der Waals surface area (Å²) in [7, 11) is 0. The Labute approximate surface area is 83.8 Å². The van der Waals surface area contributed by atoms with Gasteiger partial charge in [-0.25, -0.2) is 0 Å². The van der Waals surface area contributed by atoms with E-state index in [9.17, 15) is 0 Å². The van der Waals surface area contributed by atoms with Crippen molar-refractivity contribution in [1.29, 1.82) is 0 Å². The highest BCUT2D eigenvalue weighted by Gasteiger charge is 2.47. The van der Waals surface area contributed by atoms with Gasteiger partial charge < -0.3 is 0 Å². The number of fused-ring (bicyclic) bond motifs is 3. The Kier molecular flexibility index (Phi) is 2.28. The number of hydrogen-bond donors (Lipinski definition) is 0. The van der Waals surface area contributed by atoms with Gasteiger partial charge in [-0.05, 0) is 0 Å². The smallest absolute Gasteiger partial charge is 0.155 e. The molecule has 0 N–H and O–H groups in total.